The third-order valence-electron chi connectivity index (χ3n) is 2.37. The minimum absolute atomic E-state index is 0.0256. The zero-order valence-corrected chi connectivity index (χ0v) is 12.3. The Balaban J connectivity index is 1.95. The molecule has 0 amide bonds. The molecule has 20 heavy (non-hydrogen) atoms. The molecule has 0 heterocycles. The zero-order chi connectivity index (χ0) is 14.2. The quantitative estimate of drug-likeness (QED) is 0.598. The molecule has 0 spiro atoms. The molecule has 0 N–H and O–H groups in total. The molecule has 0 atom stereocenters. The molecule has 0 aromatic heterocycles. The van der Waals surface area contributed by atoms with Crippen LogP contribution in [0.1, 0.15) is 0 Å². The number of nitrogens with zero attached hydrogens (tertiary/aromatic N) is 1. The van der Waals surface area contributed by atoms with E-state index in [1.54, 1.807) is 24.3 Å². The van der Waals surface area contributed by atoms with Crippen LogP contribution in [0.5, 0.6) is 17.2 Å². The van der Waals surface area contributed by atoms with E-state index < -0.39 is 0 Å². The number of hydrogen-bond donors (Lipinski definition) is 0. The summed E-state index contributed by atoms with van der Waals surface area (Å²) in [5.74, 6) is 1.59. The standard InChI is InChI=1S/C15H12FNO2Se/c16-12-4-6-13(7-5-12)19-15-3-1-2-14(10-15)18-8-9-20-11-17/h1-7,10H,8-9H2. The Morgan fingerprint density at radius 2 is 1.80 bits per heavy atom. The number of ether oxygens (including phenoxy) is 2. The van der Waals surface area contributed by atoms with Crippen molar-refractivity contribution in [2.24, 2.45) is 0 Å². The Morgan fingerprint density at radius 3 is 2.55 bits per heavy atom. The van der Waals surface area contributed by atoms with E-state index in [0.717, 1.165) is 5.32 Å². The molecule has 2 rings (SSSR count). The Labute approximate surface area is 123 Å². The van der Waals surface area contributed by atoms with Gasteiger partial charge in [0.25, 0.3) is 0 Å². The fourth-order valence-corrected chi connectivity index (χ4v) is 2.05. The first-order valence-corrected chi connectivity index (χ1v) is 8.02. The summed E-state index contributed by atoms with van der Waals surface area (Å²) in [5.41, 5.74) is 0. The van der Waals surface area contributed by atoms with Gasteiger partial charge in [-0.1, -0.05) is 0 Å². The van der Waals surface area contributed by atoms with Crippen LogP contribution in [0, 0.1) is 16.0 Å². The van der Waals surface area contributed by atoms with Crippen molar-refractivity contribution >= 4 is 15.0 Å². The van der Waals surface area contributed by atoms with Gasteiger partial charge in [0, 0.05) is 0 Å². The summed E-state index contributed by atoms with van der Waals surface area (Å²) in [5, 5.41) is 9.22. The summed E-state index contributed by atoms with van der Waals surface area (Å²) in [7, 11) is 0. The first-order chi connectivity index (χ1) is 9.78. The Kier molecular flexibility index (Phi) is 5.42. The molecular formula is C15H12FNO2Se. The topological polar surface area (TPSA) is 42.2 Å². The van der Waals surface area contributed by atoms with Crippen LogP contribution in [0.3, 0.4) is 0 Å². The number of benzene rings is 2. The van der Waals surface area contributed by atoms with Crippen LogP contribution in [-0.2, 0) is 0 Å². The van der Waals surface area contributed by atoms with Crippen LogP contribution in [-0.4, -0.2) is 21.6 Å². The van der Waals surface area contributed by atoms with E-state index in [9.17, 15) is 4.39 Å². The molecule has 5 heteroatoms. The third kappa shape index (κ3) is 4.58. The average Bonchev–Trinajstić information content (AvgIpc) is 2.47. The van der Waals surface area contributed by atoms with E-state index in [4.69, 9.17) is 14.7 Å². The molecule has 3 nitrogen and oxygen atoms in total. The molecular weight excluding hydrogens is 324 g/mol. The van der Waals surface area contributed by atoms with Crippen LogP contribution < -0.4 is 9.47 Å². The minimum atomic E-state index is -0.297. The van der Waals surface area contributed by atoms with Crippen molar-refractivity contribution in [2.75, 3.05) is 6.61 Å². The maximum absolute atomic E-state index is 12.8. The van der Waals surface area contributed by atoms with Crippen LogP contribution in [0.4, 0.5) is 4.39 Å². The summed E-state index contributed by atoms with van der Waals surface area (Å²) in [6, 6.07) is 13.1. The predicted octanol–water partition coefficient (Wildman–Crippen LogP) is 3.60. The summed E-state index contributed by atoms with van der Waals surface area (Å²) < 4.78 is 23.9. The Morgan fingerprint density at radius 1 is 1.05 bits per heavy atom. The van der Waals surface area contributed by atoms with Crippen molar-refractivity contribution in [3.8, 4) is 22.2 Å². The fraction of sp³-hybridized carbons (Fsp3) is 0.133. The Hall–Kier alpha value is -2.02. The second-order valence-electron chi connectivity index (χ2n) is 3.82. The summed E-state index contributed by atoms with van der Waals surface area (Å²) in [6.07, 6.45) is 0. The zero-order valence-electron chi connectivity index (χ0n) is 10.6. The fourth-order valence-electron chi connectivity index (χ4n) is 1.51. The van der Waals surface area contributed by atoms with Crippen molar-refractivity contribution < 1.29 is 13.9 Å². The van der Waals surface area contributed by atoms with Crippen LogP contribution in [0.25, 0.3) is 0 Å². The number of nitriles is 1. The van der Waals surface area contributed by atoms with Crippen molar-refractivity contribution in [2.45, 2.75) is 5.32 Å². The van der Waals surface area contributed by atoms with Gasteiger partial charge < -0.3 is 0 Å². The molecule has 0 saturated heterocycles. The summed E-state index contributed by atoms with van der Waals surface area (Å²) in [4.78, 5) is 2.13. The van der Waals surface area contributed by atoms with Crippen molar-refractivity contribution in [3.05, 3.63) is 54.3 Å². The van der Waals surface area contributed by atoms with Gasteiger partial charge >= 0.3 is 123 Å². The molecule has 0 fully saturated rings. The van der Waals surface area contributed by atoms with Crippen LogP contribution >= 0.6 is 0 Å². The first-order valence-electron chi connectivity index (χ1n) is 5.95. The molecule has 0 radical (unpaired) electrons. The van der Waals surface area contributed by atoms with E-state index in [0.29, 0.717) is 23.9 Å². The van der Waals surface area contributed by atoms with Gasteiger partial charge in [-0.05, 0) is 0 Å². The van der Waals surface area contributed by atoms with Crippen molar-refractivity contribution in [1.82, 2.24) is 0 Å². The maximum atomic E-state index is 12.8. The SMILES string of the molecule is N#C[Se]CCOc1cccc(Oc2ccc(F)cc2)c1. The van der Waals surface area contributed by atoms with Gasteiger partial charge in [0.05, 0.1) is 0 Å². The molecule has 0 unspecified atom stereocenters. The normalized spacial score (nSPS) is 9.80. The molecule has 0 aliphatic rings. The van der Waals surface area contributed by atoms with Crippen molar-refractivity contribution in [3.63, 3.8) is 0 Å². The number of halogens is 1. The molecule has 2 aromatic rings. The first kappa shape index (κ1) is 14.4. The molecule has 0 saturated carbocycles. The van der Waals surface area contributed by atoms with E-state index in [2.05, 4.69) is 4.97 Å². The number of rotatable bonds is 6. The summed E-state index contributed by atoms with van der Waals surface area (Å²) in [6.45, 7) is 0.521. The van der Waals surface area contributed by atoms with E-state index in [1.807, 2.05) is 12.1 Å². The average molecular weight is 336 g/mol. The monoisotopic (exact) mass is 337 g/mol. The van der Waals surface area contributed by atoms with E-state index in [1.165, 1.54) is 12.1 Å². The molecule has 102 valence electrons. The van der Waals surface area contributed by atoms with Gasteiger partial charge in [-0.3, -0.25) is 0 Å². The van der Waals surface area contributed by atoms with E-state index in [-0.39, 0.29) is 20.8 Å². The van der Waals surface area contributed by atoms with Gasteiger partial charge in [0.2, 0.25) is 0 Å². The van der Waals surface area contributed by atoms with Crippen LogP contribution in [0.15, 0.2) is 48.5 Å². The van der Waals surface area contributed by atoms with Gasteiger partial charge in [-0.25, -0.2) is 0 Å². The van der Waals surface area contributed by atoms with Crippen LogP contribution in [0.2, 0.25) is 5.32 Å². The second-order valence-corrected chi connectivity index (χ2v) is 5.66. The van der Waals surface area contributed by atoms with Gasteiger partial charge in [-0.2, -0.15) is 0 Å². The number of hydrogen-bond acceptors (Lipinski definition) is 3. The third-order valence-corrected chi connectivity index (χ3v) is 3.42. The van der Waals surface area contributed by atoms with Gasteiger partial charge in [-0.15, -0.1) is 0 Å². The van der Waals surface area contributed by atoms with E-state index >= 15 is 0 Å². The second kappa shape index (κ2) is 7.54. The van der Waals surface area contributed by atoms with Gasteiger partial charge in [0.1, 0.15) is 0 Å². The Bertz CT molecular complexity index is 596. The van der Waals surface area contributed by atoms with Crippen molar-refractivity contribution in [1.29, 1.82) is 5.26 Å². The van der Waals surface area contributed by atoms with Gasteiger partial charge in [0.15, 0.2) is 0 Å². The molecule has 0 bridgehead atoms. The predicted molar refractivity (Wildman–Crippen MR) is 74.6 cm³/mol. The molecule has 0 aliphatic carbocycles. The molecule has 2 aromatic carbocycles. The summed E-state index contributed by atoms with van der Waals surface area (Å²) >= 11 is -0.0256. The molecule has 0 aliphatic heterocycles.